The first-order valence-electron chi connectivity index (χ1n) is 8.26. The molecule has 1 aliphatic heterocycles. The van der Waals surface area contributed by atoms with Gasteiger partial charge >= 0.3 is 0 Å². The van der Waals surface area contributed by atoms with E-state index in [1.807, 2.05) is 32.4 Å². The molecule has 0 bridgehead atoms. The van der Waals surface area contributed by atoms with Gasteiger partial charge in [0.15, 0.2) is 0 Å². The van der Waals surface area contributed by atoms with Crippen molar-refractivity contribution in [3.63, 3.8) is 0 Å². The minimum absolute atomic E-state index is 0.339. The first-order valence-corrected chi connectivity index (χ1v) is 8.26. The molecule has 1 aliphatic rings. The first kappa shape index (κ1) is 16.4. The van der Waals surface area contributed by atoms with Crippen LogP contribution < -0.4 is 10.6 Å². The number of anilines is 2. The fourth-order valence-electron chi connectivity index (χ4n) is 3.11. The largest absolute Gasteiger partial charge is 0.368 e. The lowest BCUT2D eigenvalue weighted by Gasteiger charge is -2.36. The quantitative estimate of drug-likeness (QED) is 0.830. The summed E-state index contributed by atoms with van der Waals surface area (Å²) in [7, 11) is 2.03. The van der Waals surface area contributed by atoms with Crippen molar-refractivity contribution in [1.82, 2.24) is 24.4 Å². The van der Waals surface area contributed by atoms with Gasteiger partial charge in [0, 0.05) is 56.9 Å². The SMILES string of the molecule is C=CCc1c(C)nc(N)nc1N1CCN(Cc2nccn2C)CC1. The fraction of sp³-hybridized carbons (Fsp3) is 0.471. The van der Waals surface area contributed by atoms with Gasteiger partial charge in [-0.25, -0.2) is 9.97 Å². The number of imidazole rings is 1. The number of aryl methyl sites for hydroxylation is 2. The van der Waals surface area contributed by atoms with Crippen LogP contribution in [0.2, 0.25) is 0 Å². The van der Waals surface area contributed by atoms with Crippen molar-refractivity contribution < 1.29 is 0 Å². The molecule has 3 rings (SSSR count). The van der Waals surface area contributed by atoms with Gasteiger partial charge < -0.3 is 15.2 Å². The van der Waals surface area contributed by atoms with Crippen LogP contribution >= 0.6 is 0 Å². The molecule has 2 N–H and O–H groups in total. The molecule has 1 fully saturated rings. The van der Waals surface area contributed by atoms with Gasteiger partial charge in [0.2, 0.25) is 5.95 Å². The maximum atomic E-state index is 5.87. The first-order chi connectivity index (χ1) is 11.6. The zero-order valence-corrected chi connectivity index (χ0v) is 14.4. The molecule has 2 aromatic heterocycles. The summed E-state index contributed by atoms with van der Waals surface area (Å²) in [6.07, 6.45) is 6.48. The second-order valence-corrected chi connectivity index (χ2v) is 6.18. The molecule has 1 saturated heterocycles. The van der Waals surface area contributed by atoms with E-state index >= 15 is 0 Å². The summed E-state index contributed by atoms with van der Waals surface area (Å²) in [5.74, 6) is 2.39. The lowest BCUT2D eigenvalue weighted by atomic mass is 10.1. The molecule has 0 spiro atoms. The molecule has 3 heterocycles. The average Bonchev–Trinajstić information content (AvgIpc) is 2.96. The number of aromatic nitrogens is 4. The Kier molecular flexibility index (Phi) is 4.80. The van der Waals surface area contributed by atoms with Crippen LogP contribution in [0.1, 0.15) is 17.1 Å². The van der Waals surface area contributed by atoms with Gasteiger partial charge in [0.1, 0.15) is 11.6 Å². The van der Waals surface area contributed by atoms with Crippen molar-refractivity contribution in [1.29, 1.82) is 0 Å². The van der Waals surface area contributed by atoms with Gasteiger partial charge in [-0.3, -0.25) is 4.90 Å². The Balaban J connectivity index is 1.70. The minimum Gasteiger partial charge on any atom is -0.368 e. The standard InChI is InChI=1S/C17H25N7/c1-4-5-14-13(2)20-17(18)21-16(14)24-10-8-23(9-11-24)12-15-19-6-7-22(15)3/h4,6-7H,1,5,8-12H2,2-3H3,(H2,18,20,21). The zero-order valence-electron chi connectivity index (χ0n) is 14.4. The second-order valence-electron chi connectivity index (χ2n) is 6.18. The normalized spacial score (nSPS) is 15.7. The van der Waals surface area contributed by atoms with E-state index in [1.165, 1.54) is 0 Å². The van der Waals surface area contributed by atoms with Gasteiger partial charge in [0.25, 0.3) is 0 Å². The van der Waals surface area contributed by atoms with E-state index in [1.54, 1.807) is 0 Å². The van der Waals surface area contributed by atoms with Gasteiger partial charge in [-0.05, 0) is 13.3 Å². The third kappa shape index (κ3) is 3.41. The van der Waals surface area contributed by atoms with Crippen LogP contribution in [0.15, 0.2) is 25.0 Å². The van der Waals surface area contributed by atoms with Crippen LogP contribution in [0, 0.1) is 6.92 Å². The number of hydrogen-bond acceptors (Lipinski definition) is 6. The Bertz CT molecular complexity index is 714. The number of nitrogens with zero attached hydrogens (tertiary/aromatic N) is 6. The predicted octanol–water partition coefficient (Wildman–Crippen LogP) is 1.15. The van der Waals surface area contributed by atoms with Crippen LogP contribution in [0.25, 0.3) is 0 Å². The maximum absolute atomic E-state index is 5.87. The predicted molar refractivity (Wildman–Crippen MR) is 95.8 cm³/mol. The topological polar surface area (TPSA) is 76.1 Å². The molecule has 7 nitrogen and oxygen atoms in total. The molecule has 0 saturated carbocycles. The van der Waals surface area contributed by atoms with E-state index in [2.05, 4.69) is 35.9 Å². The Labute approximate surface area is 142 Å². The highest BCUT2D eigenvalue weighted by Crippen LogP contribution is 2.24. The maximum Gasteiger partial charge on any atom is 0.222 e. The second kappa shape index (κ2) is 7.00. The number of hydrogen-bond donors (Lipinski definition) is 1. The molecule has 24 heavy (non-hydrogen) atoms. The molecule has 0 aromatic carbocycles. The Morgan fingerprint density at radius 2 is 2.00 bits per heavy atom. The Morgan fingerprint density at radius 1 is 1.25 bits per heavy atom. The number of rotatable bonds is 5. The van der Waals surface area contributed by atoms with E-state index in [0.717, 1.165) is 62.0 Å². The van der Waals surface area contributed by atoms with Crippen molar-refractivity contribution in [2.24, 2.45) is 7.05 Å². The van der Waals surface area contributed by atoms with Crippen molar-refractivity contribution in [2.75, 3.05) is 36.8 Å². The summed E-state index contributed by atoms with van der Waals surface area (Å²) in [5.41, 5.74) is 7.93. The lowest BCUT2D eigenvalue weighted by Crippen LogP contribution is -2.47. The van der Waals surface area contributed by atoms with Crippen LogP contribution in [0.4, 0.5) is 11.8 Å². The molecule has 0 radical (unpaired) electrons. The number of piperazine rings is 1. The molecule has 7 heteroatoms. The molecule has 0 unspecified atom stereocenters. The molecular weight excluding hydrogens is 302 g/mol. The van der Waals surface area contributed by atoms with E-state index < -0.39 is 0 Å². The summed E-state index contributed by atoms with van der Waals surface area (Å²) >= 11 is 0. The third-order valence-electron chi connectivity index (χ3n) is 4.52. The summed E-state index contributed by atoms with van der Waals surface area (Å²) in [6.45, 7) is 10.5. The highest BCUT2D eigenvalue weighted by molar-refractivity contribution is 5.52. The van der Waals surface area contributed by atoms with Crippen molar-refractivity contribution in [3.8, 4) is 0 Å². The smallest absolute Gasteiger partial charge is 0.222 e. The molecule has 0 amide bonds. The average molecular weight is 327 g/mol. The molecule has 0 atom stereocenters. The van der Waals surface area contributed by atoms with Crippen LogP contribution in [0.3, 0.4) is 0 Å². The summed E-state index contributed by atoms with van der Waals surface area (Å²) in [4.78, 5) is 17.9. The van der Waals surface area contributed by atoms with Crippen molar-refractivity contribution >= 4 is 11.8 Å². The van der Waals surface area contributed by atoms with Gasteiger partial charge in [0.05, 0.1) is 6.54 Å². The van der Waals surface area contributed by atoms with Crippen LogP contribution in [0.5, 0.6) is 0 Å². The zero-order chi connectivity index (χ0) is 17.1. The highest BCUT2D eigenvalue weighted by Gasteiger charge is 2.22. The number of allylic oxidation sites excluding steroid dienone is 1. The lowest BCUT2D eigenvalue weighted by molar-refractivity contribution is 0.241. The van der Waals surface area contributed by atoms with Crippen LogP contribution in [-0.4, -0.2) is 50.6 Å². The van der Waals surface area contributed by atoms with Gasteiger partial charge in [-0.2, -0.15) is 4.98 Å². The van der Waals surface area contributed by atoms with Crippen LogP contribution in [-0.2, 0) is 20.0 Å². The molecule has 128 valence electrons. The Morgan fingerprint density at radius 3 is 2.62 bits per heavy atom. The van der Waals surface area contributed by atoms with E-state index in [-0.39, 0.29) is 0 Å². The molecule has 2 aromatic rings. The third-order valence-corrected chi connectivity index (χ3v) is 4.52. The van der Waals surface area contributed by atoms with E-state index in [9.17, 15) is 0 Å². The van der Waals surface area contributed by atoms with E-state index in [0.29, 0.717) is 5.95 Å². The monoisotopic (exact) mass is 327 g/mol. The van der Waals surface area contributed by atoms with Crippen molar-refractivity contribution in [3.05, 3.63) is 42.1 Å². The molecular formula is C17H25N7. The van der Waals surface area contributed by atoms with Crippen molar-refractivity contribution in [2.45, 2.75) is 19.9 Å². The molecule has 0 aliphatic carbocycles. The number of nitrogen functional groups attached to an aromatic ring is 1. The summed E-state index contributed by atoms with van der Waals surface area (Å²) in [6, 6.07) is 0. The summed E-state index contributed by atoms with van der Waals surface area (Å²) in [5, 5.41) is 0. The van der Waals surface area contributed by atoms with Gasteiger partial charge in [-0.1, -0.05) is 6.08 Å². The summed E-state index contributed by atoms with van der Waals surface area (Å²) < 4.78 is 2.07. The Hall–Kier alpha value is -2.41. The minimum atomic E-state index is 0.339. The number of nitrogens with two attached hydrogens (primary N) is 1. The fourth-order valence-corrected chi connectivity index (χ4v) is 3.11. The van der Waals surface area contributed by atoms with Gasteiger partial charge in [-0.15, -0.1) is 6.58 Å². The highest BCUT2D eigenvalue weighted by atomic mass is 15.3. The van der Waals surface area contributed by atoms with E-state index in [4.69, 9.17) is 5.73 Å².